The highest BCUT2D eigenvalue weighted by atomic mass is 16.5. The molecule has 1 aromatic carbocycles. The summed E-state index contributed by atoms with van der Waals surface area (Å²) in [4.78, 5) is 20.8. The van der Waals surface area contributed by atoms with E-state index in [1.54, 1.807) is 0 Å². The SMILES string of the molecule is CNC1CCCO1.O=C(O)c1cccc(C(=O)O)c1. The summed E-state index contributed by atoms with van der Waals surface area (Å²) in [7, 11) is 1.93. The molecule has 1 heterocycles. The molecule has 1 unspecified atom stereocenters. The maximum atomic E-state index is 10.4. The molecule has 1 atom stereocenters. The van der Waals surface area contributed by atoms with Crippen LogP contribution in [0.1, 0.15) is 33.6 Å². The molecule has 0 amide bonds. The second-order valence-electron chi connectivity index (χ2n) is 3.98. The highest BCUT2D eigenvalue weighted by Crippen LogP contribution is 2.07. The molecule has 0 aliphatic carbocycles. The Morgan fingerprint density at radius 3 is 2.16 bits per heavy atom. The lowest BCUT2D eigenvalue weighted by Gasteiger charge is -2.04. The van der Waals surface area contributed by atoms with E-state index in [-0.39, 0.29) is 11.1 Å². The van der Waals surface area contributed by atoms with Gasteiger partial charge in [0.2, 0.25) is 0 Å². The molecule has 2 rings (SSSR count). The minimum atomic E-state index is -1.13. The number of carboxylic acid groups (broad SMARTS) is 2. The normalized spacial score (nSPS) is 17.4. The van der Waals surface area contributed by atoms with Crippen molar-refractivity contribution >= 4 is 11.9 Å². The fraction of sp³-hybridized carbons (Fsp3) is 0.385. The standard InChI is InChI=1S/C8H6O4.C5H11NO/c9-7(10)5-2-1-3-6(4-5)8(11)12;1-6-5-3-2-4-7-5/h1-4H,(H,9,10)(H,11,12);5-6H,2-4H2,1H3. The second kappa shape index (κ2) is 7.50. The summed E-state index contributed by atoms with van der Waals surface area (Å²) in [6, 6.07) is 5.20. The summed E-state index contributed by atoms with van der Waals surface area (Å²) < 4.78 is 5.19. The summed E-state index contributed by atoms with van der Waals surface area (Å²) in [5, 5.41) is 20.0. The fourth-order valence-corrected chi connectivity index (χ4v) is 1.59. The van der Waals surface area contributed by atoms with Crippen LogP contribution in [-0.2, 0) is 4.74 Å². The van der Waals surface area contributed by atoms with Crippen molar-refractivity contribution in [2.24, 2.45) is 0 Å². The molecule has 104 valence electrons. The van der Waals surface area contributed by atoms with Crippen molar-refractivity contribution in [3.63, 3.8) is 0 Å². The molecule has 0 radical (unpaired) electrons. The number of benzene rings is 1. The zero-order valence-corrected chi connectivity index (χ0v) is 10.6. The summed E-state index contributed by atoms with van der Waals surface area (Å²) in [5.41, 5.74) is -0.0372. The van der Waals surface area contributed by atoms with Crippen LogP contribution in [0.4, 0.5) is 0 Å². The highest BCUT2D eigenvalue weighted by Gasteiger charge is 2.11. The summed E-state index contributed by atoms with van der Waals surface area (Å²) >= 11 is 0. The van der Waals surface area contributed by atoms with Crippen LogP contribution in [0.3, 0.4) is 0 Å². The molecule has 6 nitrogen and oxygen atoms in total. The molecule has 0 bridgehead atoms. The Hall–Kier alpha value is -1.92. The largest absolute Gasteiger partial charge is 0.478 e. The number of ether oxygens (including phenoxy) is 1. The number of hydrogen-bond donors (Lipinski definition) is 3. The molecule has 1 aliphatic rings. The third-order valence-corrected chi connectivity index (χ3v) is 2.61. The maximum Gasteiger partial charge on any atom is 0.335 e. The molecule has 6 heteroatoms. The average Bonchev–Trinajstić information content (AvgIpc) is 2.92. The van der Waals surface area contributed by atoms with Gasteiger partial charge in [0.15, 0.2) is 0 Å². The minimum absolute atomic E-state index is 0.0186. The van der Waals surface area contributed by atoms with Crippen molar-refractivity contribution in [2.75, 3.05) is 13.7 Å². The molecular formula is C13H17NO5. The first-order valence-corrected chi connectivity index (χ1v) is 5.90. The van der Waals surface area contributed by atoms with Gasteiger partial charge in [-0.2, -0.15) is 0 Å². The molecule has 1 fully saturated rings. The van der Waals surface area contributed by atoms with Gasteiger partial charge >= 0.3 is 11.9 Å². The smallest absolute Gasteiger partial charge is 0.335 e. The number of aromatic carboxylic acids is 2. The third kappa shape index (κ3) is 5.07. The Bertz CT molecular complexity index is 411. The Kier molecular flexibility index (Phi) is 5.98. The minimum Gasteiger partial charge on any atom is -0.478 e. The Labute approximate surface area is 111 Å². The molecule has 0 saturated carbocycles. The van der Waals surface area contributed by atoms with Gasteiger partial charge in [-0.15, -0.1) is 0 Å². The van der Waals surface area contributed by atoms with Gasteiger partial charge in [-0.25, -0.2) is 9.59 Å². The first-order chi connectivity index (χ1) is 9.04. The number of rotatable bonds is 3. The Morgan fingerprint density at radius 1 is 1.26 bits per heavy atom. The molecule has 0 spiro atoms. The van der Waals surface area contributed by atoms with Crippen molar-refractivity contribution in [1.29, 1.82) is 0 Å². The number of nitrogens with one attached hydrogen (secondary N) is 1. The van der Waals surface area contributed by atoms with Crippen LogP contribution in [0.15, 0.2) is 24.3 Å². The summed E-state index contributed by atoms with van der Waals surface area (Å²) in [6.07, 6.45) is 2.74. The molecular weight excluding hydrogens is 250 g/mol. The van der Waals surface area contributed by atoms with Crippen LogP contribution < -0.4 is 5.32 Å². The van der Waals surface area contributed by atoms with Gasteiger partial charge in [0.25, 0.3) is 0 Å². The van der Waals surface area contributed by atoms with Crippen LogP contribution in [0.25, 0.3) is 0 Å². The lowest BCUT2D eigenvalue weighted by Crippen LogP contribution is -2.22. The predicted octanol–water partition coefficient (Wildman–Crippen LogP) is 1.43. The van der Waals surface area contributed by atoms with E-state index in [9.17, 15) is 9.59 Å². The zero-order chi connectivity index (χ0) is 14.3. The van der Waals surface area contributed by atoms with Crippen molar-refractivity contribution in [3.05, 3.63) is 35.4 Å². The first kappa shape index (κ1) is 15.1. The topological polar surface area (TPSA) is 95.9 Å². The van der Waals surface area contributed by atoms with Crippen LogP contribution in [0.2, 0.25) is 0 Å². The van der Waals surface area contributed by atoms with E-state index < -0.39 is 11.9 Å². The Balaban J connectivity index is 0.000000218. The van der Waals surface area contributed by atoms with E-state index in [0.717, 1.165) is 12.7 Å². The van der Waals surface area contributed by atoms with Crippen molar-refractivity contribution in [1.82, 2.24) is 5.32 Å². The fourth-order valence-electron chi connectivity index (χ4n) is 1.59. The number of carbonyl (C=O) groups is 2. The molecule has 0 aromatic heterocycles. The lowest BCUT2D eigenvalue weighted by molar-refractivity contribution is 0.0696. The maximum absolute atomic E-state index is 10.4. The third-order valence-electron chi connectivity index (χ3n) is 2.61. The van der Waals surface area contributed by atoms with E-state index >= 15 is 0 Å². The van der Waals surface area contributed by atoms with Crippen molar-refractivity contribution < 1.29 is 24.5 Å². The van der Waals surface area contributed by atoms with Gasteiger partial charge < -0.3 is 14.9 Å². The van der Waals surface area contributed by atoms with Gasteiger partial charge in [-0.1, -0.05) is 6.07 Å². The highest BCUT2D eigenvalue weighted by molar-refractivity contribution is 5.93. The predicted molar refractivity (Wildman–Crippen MR) is 68.4 cm³/mol. The molecule has 1 aromatic rings. The quantitative estimate of drug-likeness (QED) is 0.766. The van der Waals surface area contributed by atoms with E-state index in [0.29, 0.717) is 6.23 Å². The van der Waals surface area contributed by atoms with Crippen molar-refractivity contribution in [2.45, 2.75) is 19.1 Å². The van der Waals surface area contributed by atoms with Crippen LogP contribution in [-0.4, -0.2) is 42.0 Å². The number of carboxylic acids is 2. The van der Waals surface area contributed by atoms with Gasteiger partial charge in [0.05, 0.1) is 11.1 Å². The first-order valence-electron chi connectivity index (χ1n) is 5.90. The van der Waals surface area contributed by atoms with Crippen LogP contribution in [0, 0.1) is 0 Å². The van der Waals surface area contributed by atoms with Gasteiger partial charge in [0, 0.05) is 6.61 Å². The second-order valence-corrected chi connectivity index (χ2v) is 3.98. The van der Waals surface area contributed by atoms with E-state index in [1.165, 1.54) is 31.0 Å². The molecule has 1 saturated heterocycles. The van der Waals surface area contributed by atoms with E-state index in [1.807, 2.05) is 7.05 Å². The molecule has 19 heavy (non-hydrogen) atoms. The van der Waals surface area contributed by atoms with Crippen LogP contribution >= 0.6 is 0 Å². The van der Waals surface area contributed by atoms with Gasteiger partial charge in [0.1, 0.15) is 6.23 Å². The number of hydrogen-bond acceptors (Lipinski definition) is 4. The summed E-state index contributed by atoms with van der Waals surface area (Å²) in [6.45, 7) is 0.936. The zero-order valence-electron chi connectivity index (χ0n) is 10.6. The van der Waals surface area contributed by atoms with Gasteiger partial charge in [-0.05, 0) is 38.1 Å². The molecule has 3 N–H and O–H groups in total. The van der Waals surface area contributed by atoms with Gasteiger partial charge in [-0.3, -0.25) is 5.32 Å². The average molecular weight is 267 g/mol. The monoisotopic (exact) mass is 267 g/mol. The lowest BCUT2D eigenvalue weighted by atomic mass is 10.1. The van der Waals surface area contributed by atoms with Crippen molar-refractivity contribution in [3.8, 4) is 0 Å². The van der Waals surface area contributed by atoms with E-state index in [4.69, 9.17) is 14.9 Å². The van der Waals surface area contributed by atoms with Crippen LogP contribution in [0.5, 0.6) is 0 Å². The Morgan fingerprint density at radius 2 is 1.84 bits per heavy atom. The summed E-state index contributed by atoms with van der Waals surface area (Å²) in [5.74, 6) is -2.25. The van der Waals surface area contributed by atoms with E-state index in [2.05, 4.69) is 5.32 Å². The molecule has 1 aliphatic heterocycles.